The van der Waals surface area contributed by atoms with Crippen molar-refractivity contribution in [3.05, 3.63) is 0 Å². The Bertz CT molecular complexity index is 397. The number of hydrogen-bond donors (Lipinski definition) is 1. The Labute approximate surface area is 120 Å². The summed E-state index contributed by atoms with van der Waals surface area (Å²) >= 11 is 0. The minimum atomic E-state index is -1.18. The van der Waals surface area contributed by atoms with E-state index < -0.39 is 11.5 Å². The van der Waals surface area contributed by atoms with Gasteiger partial charge in [-0.2, -0.15) is 0 Å². The van der Waals surface area contributed by atoms with Crippen LogP contribution in [0.25, 0.3) is 0 Å². The van der Waals surface area contributed by atoms with E-state index in [-0.39, 0.29) is 6.03 Å². The summed E-state index contributed by atoms with van der Waals surface area (Å²) in [6.07, 6.45) is 3.60. The van der Waals surface area contributed by atoms with Crippen LogP contribution in [-0.4, -0.2) is 76.6 Å². The Hall–Kier alpha value is -1.30. The van der Waals surface area contributed by atoms with Crippen molar-refractivity contribution in [3.8, 4) is 0 Å². The van der Waals surface area contributed by atoms with Crippen molar-refractivity contribution in [1.82, 2.24) is 14.7 Å². The topological polar surface area (TPSA) is 64.1 Å². The van der Waals surface area contributed by atoms with E-state index in [4.69, 9.17) is 0 Å². The molecule has 2 rings (SSSR count). The summed E-state index contributed by atoms with van der Waals surface area (Å²) in [6, 6.07) is 0.269. The van der Waals surface area contributed by atoms with Gasteiger partial charge in [0.15, 0.2) is 0 Å². The van der Waals surface area contributed by atoms with E-state index in [1.54, 1.807) is 25.8 Å². The van der Waals surface area contributed by atoms with Gasteiger partial charge >= 0.3 is 12.0 Å². The zero-order chi connectivity index (χ0) is 14.9. The Morgan fingerprint density at radius 3 is 2.55 bits per heavy atom. The number of nitrogens with zero attached hydrogens (tertiary/aromatic N) is 3. The van der Waals surface area contributed by atoms with Crippen LogP contribution in [0.3, 0.4) is 0 Å². The lowest BCUT2D eigenvalue weighted by molar-refractivity contribution is -0.147. The van der Waals surface area contributed by atoms with Crippen LogP contribution >= 0.6 is 0 Å². The van der Waals surface area contributed by atoms with Crippen molar-refractivity contribution in [2.45, 2.75) is 44.7 Å². The maximum absolute atomic E-state index is 12.5. The lowest BCUT2D eigenvalue weighted by Gasteiger charge is -2.46. The van der Waals surface area contributed by atoms with Gasteiger partial charge in [0.25, 0.3) is 0 Å². The molecule has 2 heterocycles. The van der Waals surface area contributed by atoms with Crippen molar-refractivity contribution in [1.29, 1.82) is 0 Å². The number of rotatable bonds is 2. The van der Waals surface area contributed by atoms with Crippen LogP contribution in [0.2, 0.25) is 0 Å². The zero-order valence-electron chi connectivity index (χ0n) is 12.6. The van der Waals surface area contributed by atoms with E-state index in [9.17, 15) is 14.7 Å². The first-order chi connectivity index (χ1) is 9.34. The highest BCUT2D eigenvalue weighted by Crippen LogP contribution is 2.23. The number of aliphatic carboxylic acids is 1. The van der Waals surface area contributed by atoms with Gasteiger partial charge in [0, 0.05) is 32.7 Å². The number of piperidine rings is 1. The second-order valence-corrected chi connectivity index (χ2v) is 6.34. The molecule has 2 saturated heterocycles. The summed E-state index contributed by atoms with van der Waals surface area (Å²) in [6.45, 7) is 6.56. The molecule has 1 N–H and O–H groups in total. The first-order valence-electron chi connectivity index (χ1n) is 7.34. The van der Waals surface area contributed by atoms with Gasteiger partial charge in [-0.25, -0.2) is 9.59 Å². The maximum Gasteiger partial charge on any atom is 0.329 e. The molecule has 1 unspecified atom stereocenters. The second-order valence-electron chi connectivity index (χ2n) is 6.34. The summed E-state index contributed by atoms with van der Waals surface area (Å²) in [4.78, 5) is 29.3. The molecule has 20 heavy (non-hydrogen) atoms. The van der Waals surface area contributed by atoms with E-state index in [1.807, 2.05) is 0 Å². The van der Waals surface area contributed by atoms with Crippen LogP contribution in [-0.2, 0) is 4.79 Å². The Morgan fingerprint density at radius 2 is 1.90 bits per heavy atom. The molecule has 1 atom stereocenters. The Morgan fingerprint density at radius 1 is 1.20 bits per heavy atom. The predicted molar refractivity (Wildman–Crippen MR) is 75.7 cm³/mol. The van der Waals surface area contributed by atoms with Crippen molar-refractivity contribution in [3.63, 3.8) is 0 Å². The van der Waals surface area contributed by atoms with Crippen LogP contribution < -0.4 is 0 Å². The third-order valence-electron chi connectivity index (χ3n) is 4.76. The van der Waals surface area contributed by atoms with Crippen molar-refractivity contribution in [2.24, 2.45) is 0 Å². The minimum absolute atomic E-state index is 0.178. The molecule has 0 radical (unpaired) electrons. The molecule has 6 heteroatoms. The average molecular weight is 283 g/mol. The summed E-state index contributed by atoms with van der Waals surface area (Å²) in [5.41, 5.74) is -1.18. The summed E-state index contributed by atoms with van der Waals surface area (Å²) in [5, 5.41) is 9.23. The average Bonchev–Trinajstić information content (AvgIpc) is 2.44. The van der Waals surface area contributed by atoms with E-state index >= 15 is 0 Å². The van der Waals surface area contributed by atoms with Gasteiger partial charge in [0.1, 0.15) is 5.54 Å². The number of carbonyl (C=O) groups is 2. The zero-order valence-corrected chi connectivity index (χ0v) is 12.6. The molecule has 2 aliphatic rings. The molecule has 0 spiro atoms. The lowest BCUT2D eigenvalue weighted by Crippen LogP contribution is -2.61. The monoisotopic (exact) mass is 283 g/mol. The number of carboxylic acids is 1. The highest BCUT2D eigenvalue weighted by Gasteiger charge is 2.39. The normalized spacial score (nSPS) is 24.1. The number of urea groups is 1. The molecule has 0 saturated carbocycles. The number of likely N-dealkylation sites (N-methyl/N-ethyl adjacent to an activating group) is 1. The second kappa shape index (κ2) is 5.60. The molecule has 2 amide bonds. The lowest BCUT2D eigenvalue weighted by atomic mass is 9.99. The van der Waals surface area contributed by atoms with Crippen LogP contribution in [0.15, 0.2) is 0 Å². The molecule has 0 aromatic rings. The van der Waals surface area contributed by atoms with E-state index in [0.717, 1.165) is 26.1 Å². The Balaban J connectivity index is 2.01. The highest BCUT2D eigenvalue weighted by molar-refractivity contribution is 5.85. The first-order valence-corrected chi connectivity index (χ1v) is 7.34. The van der Waals surface area contributed by atoms with Crippen molar-refractivity contribution >= 4 is 12.0 Å². The maximum atomic E-state index is 12.5. The molecule has 114 valence electrons. The van der Waals surface area contributed by atoms with Gasteiger partial charge in [0.05, 0.1) is 0 Å². The molecule has 0 aromatic heterocycles. The van der Waals surface area contributed by atoms with Gasteiger partial charge in [-0.15, -0.1) is 0 Å². The number of piperazine rings is 1. The first kappa shape index (κ1) is 15.1. The molecule has 2 aliphatic heterocycles. The predicted octanol–water partition coefficient (Wildman–Crippen LogP) is 1.07. The smallest absolute Gasteiger partial charge is 0.329 e. The number of carboxylic acid groups (broad SMARTS) is 1. The quantitative estimate of drug-likeness (QED) is 0.823. The largest absolute Gasteiger partial charge is 0.480 e. The molecule has 2 fully saturated rings. The SMILES string of the molecule is CN(C(=O)N1CCN2CCCCC2C1)C(C)(C)C(=O)O. The third-order valence-corrected chi connectivity index (χ3v) is 4.76. The molecular weight excluding hydrogens is 258 g/mol. The third kappa shape index (κ3) is 2.75. The van der Waals surface area contributed by atoms with Crippen LogP contribution in [0, 0.1) is 0 Å². The van der Waals surface area contributed by atoms with E-state index in [0.29, 0.717) is 12.6 Å². The van der Waals surface area contributed by atoms with Crippen molar-refractivity contribution < 1.29 is 14.7 Å². The van der Waals surface area contributed by atoms with Crippen LogP contribution in [0.4, 0.5) is 4.79 Å². The molecule has 6 nitrogen and oxygen atoms in total. The number of fused-ring (bicyclic) bond motifs is 1. The van der Waals surface area contributed by atoms with Crippen LogP contribution in [0.5, 0.6) is 0 Å². The van der Waals surface area contributed by atoms with Gasteiger partial charge < -0.3 is 14.9 Å². The summed E-state index contributed by atoms with van der Waals surface area (Å²) in [7, 11) is 1.57. The summed E-state index contributed by atoms with van der Waals surface area (Å²) in [5.74, 6) is -0.982. The van der Waals surface area contributed by atoms with Gasteiger partial charge in [-0.05, 0) is 33.2 Å². The number of carbonyl (C=O) groups excluding carboxylic acids is 1. The molecule has 0 aromatic carbocycles. The number of amides is 2. The molecular formula is C14H25N3O3. The van der Waals surface area contributed by atoms with Crippen molar-refractivity contribution in [2.75, 3.05) is 33.2 Å². The summed E-state index contributed by atoms with van der Waals surface area (Å²) < 4.78 is 0. The van der Waals surface area contributed by atoms with Gasteiger partial charge in [-0.1, -0.05) is 6.42 Å². The minimum Gasteiger partial charge on any atom is -0.480 e. The van der Waals surface area contributed by atoms with Gasteiger partial charge in [0.2, 0.25) is 0 Å². The fourth-order valence-corrected chi connectivity index (χ4v) is 2.92. The molecule has 0 aliphatic carbocycles. The standard InChI is InChI=1S/C14H25N3O3/c1-14(2,12(18)19)15(3)13(20)17-9-8-16-7-5-4-6-11(16)10-17/h11H,4-10H2,1-3H3,(H,18,19). The molecule has 0 bridgehead atoms. The highest BCUT2D eigenvalue weighted by atomic mass is 16.4. The van der Waals surface area contributed by atoms with Crippen LogP contribution in [0.1, 0.15) is 33.1 Å². The number of hydrogen-bond acceptors (Lipinski definition) is 3. The fraction of sp³-hybridized carbons (Fsp3) is 0.857. The van der Waals surface area contributed by atoms with E-state index in [1.165, 1.54) is 17.7 Å². The fourth-order valence-electron chi connectivity index (χ4n) is 2.92. The van der Waals surface area contributed by atoms with E-state index in [2.05, 4.69) is 4.90 Å². The van der Waals surface area contributed by atoms with Gasteiger partial charge in [-0.3, -0.25) is 4.90 Å². The Kier molecular flexibility index (Phi) is 4.22.